The summed E-state index contributed by atoms with van der Waals surface area (Å²) < 4.78 is 68.3. The molecule has 0 aromatic rings. The molecule has 0 heterocycles. The first kappa shape index (κ1) is 89.1. The molecule has 0 bridgehead atoms. The number of ether oxygens (including phenoxy) is 4. The number of phosphoric ester groups is 2. The number of aliphatic hydroxyl groups excluding tert-OH is 1. The van der Waals surface area contributed by atoms with Crippen molar-refractivity contribution in [3.8, 4) is 0 Å². The van der Waals surface area contributed by atoms with E-state index in [0.29, 0.717) is 25.7 Å². The van der Waals surface area contributed by atoms with Crippen molar-refractivity contribution in [2.75, 3.05) is 39.6 Å². The quantitative estimate of drug-likeness (QED) is 0.0222. The third-order valence-electron chi connectivity index (χ3n) is 16.8. The van der Waals surface area contributed by atoms with Crippen LogP contribution in [0, 0.1) is 5.92 Å². The third-order valence-corrected chi connectivity index (χ3v) is 18.7. The van der Waals surface area contributed by atoms with Crippen LogP contribution in [0.1, 0.15) is 375 Å². The van der Waals surface area contributed by atoms with Gasteiger partial charge in [-0.2, -0.15) is 0 Å². The van der Waals surface area contributed by atoms with Crippen LogP contribution in [0.2, 0.25) is 0 Å². The molecule has 0 saturated heterocycles. The Morgan fingerprint density at radius 2 is 0.505 bits per heavy atom. The van der Waals surface area contributed by atoms with E-state index < -0.39 is 97.5 Å². The van der Waals surface area contributed by atoms with Crippen molar-refractivity contribution in [1.82, 2.24) is 0 Å². The second-order valence-corrected chi connectivity index (χ2v) is 29.4. The number of esters is 4. The van der Waals surface area contributed by atoms with Gasteiger partial charge in [0.2, 0.25) is 0 Å². The van der Waals surface area contributed by atoms with E-state index in [9.17, 15) is 43.2 Å². The summed E-state index contributed by atoms with van der Waals surface area (Å²) in [6, 6.07) is 0. The average molecular weight is 1340 g/mol. The van der Waals surface area contributed by atoms with Crippen molar-refractivity contribution < 1.29 is 80.2 Å². The first-order valence-corrected chi connectivity index (χ1v) is 40.6. The van der Waals surface area contributed by atoms with E-state index >= 15 is 0 Å². The molecule has 0 spiro atoms. The van der Waals surface area contributed by atoms with E-state index in [1.807, 2.05) is 0 Å². The lowest BCUT2D eigenvalue weighted by molar-refractivity contribution is -0.161. The van der Waals surface area contributed by atoms with Crippen molar-refractivity contribution in [1.29, 1.82) is 0 Å². The fourth-order valence-corrected chi connectivity index (χ4v) is 12.6. The number of rotatable bonds is 72. The third kappa shape index (κ3) is 66.5. The maximum atomic E-state index is 13.0. The lowest BCUT2D eigenvalue weighted by Gasteiger charge is -2.21. The van der Waals surface area contributed by atoms with Gasteiger partial charge in [-0.3, -0.25) is 37.3 Å². The number of aliphatic hydroxyl groups is 1. The summed E-state index contributed by atoms with van der Waals surface area (Å²) in [4.78, 5) is 72.5. The predicted molar refractivity (Wildman–Crippen MR) is 368 cm³/mol. The molecule has 0 radical (unpaired) electrons. The summed E-state index contributed by atoms with van der Waals surface area (Å²) >= 11 is 0. The Balaban J connectivity index is 5.18. The maximum absolute atomic E-state index is 13.0. The topological polar surface area (TPSA) is 237 Å². The van der Waals surface area contributed by atoms with E-state index in [1.165, 1.54) is 186 Å². The first-order chi connectivity index (χ1) is 44.0. The monoisotopic (exact) mass is 1340 g/mol. The molecule has 0 saturated carbocycles. The van der Waals surface area contributed by atoms with Crippen LogP contribution in [0.3, 0.4) is 0 Å². The lowest BCUT2D eigenvalue weighted by Crippen LogP contribution is -2.30. The molecule has 2 unspecified atom stereocenters. The highest BCUT2D eigenvalue weighted by Crippen LogP contribution is 2.45. The predicted octanol–water partition coefficient (Wildman–Crippen LogP) is 20.9. The van der Waals surface area contributed by atoms with Gasteiger partial charge in [0.05, 0.1) is 26.4 Å². The van der Waals surface area contributed by atoms with E-state index in [1.54, 1.807) is 0 Å². The molecule has 540 valence electrons. The Morgan fingerprint density at radius 3 is 0.747 bits per heavy atom. The highest BCUT2D eigenvalue weighted by molar-refractivity contribution is 7.47. The maximum Gasteiger partial charge on any atom is 0.472 e. The van der Waals surface area contributed by atoms with Crippen LogP contribution in [0.4, 0.5) is 0 Å². The van der Waals surface area contributed by atoms with Gasteiger partial charge in [-0.25, -0.2) is 9.13 Å². The number of hydrogen-bond donors (Lipinski definition) is 3. The summed E-state index contributed by atoms with van der Waals surface area (Å²) in [5.74, 6) is -1.39. The fourth-order valence-electron chi connectivity index (χ4n) is 11.0. The van der Waals surface area contributed by atoms with E-state index in [0.717, 1.165) is 109 Å². The molecular formula is C72H140O17P2. The van der Waals surface area contributed by atoms with Gasteiger partial charge < -0.3 is 33.8 Å². The number of hydrogen-bond acceptors (Lipinski definition) is 15. The molecule has 17 nitrogen and oxygen atoms in total. The van der Waals surface area contributed by atoms with Crippen molar-refractivity contribution in [3.63, 3.8) is 0 Å². The number of unbranched alkanes of at least 4 members (excludes halogenated alkanes) is 44. The van der Waals surface area contributed by atoms with Crippen molar-refractivity contribution in [3.05, 3.63) is 0 Å². The first-order valence-electron chi connectivity index (χ1n) is 37.6. The SMILES string of the molecule is CCCCCCCCCCCCCCCCCCCCCC(=O)O[C@H](COC(=O)CCCCCCCCCCCCCCC)COP(=O)(O)OC[C@@H](O)COP(=O)(O)OC[C@@H](COC(=O)CCCCCCCCC)OC(=O)CCCCCCCCCCCC(C)C. The van der Waals surface area contributed by atoms with Gasteiger partial charge in [0.25, 0.3) is 0 Å². The Labute approximate surface area is 556 Å². The van der Waals surface area contributed by atoms with Gasteiger partial charge in [0.15, 0.2) is 12.2 Å². The molecule has 0 aliphatic rings. The second-order valence-electron chi connectivity index (χ2n) is 26.5. The standard InChI is InChI=1S/C72H140O17P2/c1-6-9-12-15-18-20-22-24-25-26-27-28-29-31-33-37-42-47-52-57-71(76)89-68(62-83-70(75)56-51-46-41-36-32-30-23-21-19-16-13-10-7-2)64-87-91(80,81)85-60-66(73)59-84-90(78,79)86-63-67(61-82-69(74)55-50-45-39-17-14-11-8-3)88-72(77)58-53-48-43-38-34-35-40-44-49-54-65(4)5/h65-68,73H,6-64H2,1-5H3,(H,78,79)(H,80,81)/t66-,67+,68+/m0/s1. The lowest BCUT2D eigenvalue weighted by atomic mass is 10.0. The largest absolute Gasteiger partial charge is 0.472 e. The van der Waals surface area contributed by atoms with Gasteiger partial charge >= 0.3 is 39.5 Å². The molecule has 0 aliphatic carbocycles. The highest BCUT2D eigenvalue weighted by atomic mass is 31.2. The van der Waals surface area contributed by atoms with Gasteiger partial charge in [-0.05, 0) is 31.6 Å². The second kappa shape index (κ2) is 65.4. The number of phosphoric acid groups is 2. The number of carbonyl (C=O) groups excluding carboxylic acids is 4. The Hall–Kier alpha value is -1.94. The zero-order valence-electron chi connectivity index (χ0n) is 59.0. The average Bonchev–Trinajstić information content (AvgIpc) is 2.87. The van der Waals surface area contributed by atoms with Crippen molar-refractivity contribution in [2.45, 2.75) is 393 Å². The van der Waals surface area contributed by atoms with Crippen LogP contribution in [-0.4, -0.2) is 96.7 Å². The van der Waals surface area contributed by atoms with E-state index in [-0.39, 0.29) is 25.7 Å². The molecule has 91 heavy (non-hydrogen) atoms. The van der Waals surface area contributed by atoms with Crippen LogP contribution in [0.5, 0.6) is 0 Å². The highest BCUT2D eigenvalue weighted by Gasteiger charge is 2.30. The van der Waals surface area contributed by atoms with Gasteiger partial charge in [-0.15, -0.1) is 0 Å². The fraction of sp³-hybridized carbons (Fsp3) is 0.944. The molecule has 0 aromatic heterocycles. The normalized spacial score (nSPS) is 14.0. The molecule has 19 heteroatoms. The van der Waals surface area contributed by atoms with Crippen LogP contribution < -0.4 is 0 Å². The summed E-state index contributed by atoms with van der Waals surface area (Å²) in [6.07, 6.45) is 52.9. The van der Waals surface area contributed by atoms with Crippen molar-refractivity contribution >= 4 is 39.5 Å². The van der Waals surface area contributed by atoms with Gasteiger partial charge in [0, 0.05) is 25.7 Å². The summed E-state index contributed by atoms with van der Waals surface area (Å²) in [5, 5.41) is 10.6. The molecule has 0 amide bonds. The van der Waals surface area contributed by atoms with E-state index in [4.69, 9.17) is 37.0 Å². The number of carbonyl (C=O) groups is 4. The minimum absolute atomic E-state index is 0.105. The zero-order chi connectivity index (χ0) is 67.0. The van der Waals surface area contributed by atoms with Crippen LogP contribution in [0.25, 0.3) is 0 Å². The molecular weight excluding hydrogens is 1200 g/mol. The zero-order valence-corrected chi connectivity index (χ0v) is 60.8. The molecule has 5 atom stereocenters. The van der Waals surface area contributed by atoms with E-state index in [2.05, 4.69) is 34.6 Å². The Morgan fingerprint density at radius 1 is 0.297 bits per heavy atom. The molecule has 0 aliphatic heterocycles. The Bertz CT molecular complexity index is 1750. The van der Waals surface area contributed by atoms with Crippen LogP contribution >= 0.6 is 15.6 Å². The molecule has 3 N–H and O–H groups in total. The van der Waals surface area contributed by atoms with Gasteiger partial charge in [0.1, 0.15) is 19.3 Å². The summed E-state index contributed by atoms with van der Waals surface area (Å²) in [5.41, 5.74) is 0. The minimum Gasteiger partial charge on any atom is -0.462 e. The smallest absolute Gasteiger partial charge is 0.462 e. The van der Waals surface area contributed by atoms with Crippen LogP contribution in [-0.2, 0) is 65.4 Å². The molecule has 0 rings (SSSR count). The van der Waals surface area contributed by atoms with Gasteiger partial charge in [-0.1, -0.05) is 324 Å². The van der Waals surface area contributed by atoms with Crippen molar-refractivity contribution in [2.24, 2.45) is 5.92 Å². The van der Waals surface area contributed by atoms with Crippen LogP contribution in [0.15, 0.2) is 0 Å². The minimum atomic E-state index is -4.95. The Kier molecular flexibility index (Phi) is 64.0. The molecule has 0 aromatic carbocycles. The summed E-state index contributed by atoms with van der Waals surface area (Å²) in [6.45, 7) is 7.20. The molecule has 0 fully saturated rings. The summed E-state index contributed by atoms with van der Waals surface area (Å²) in [7, 11) is -9.90.